The lowest BCUT2D eigenvalue weighted by molar-refractivity contribution is -0.143. The summed E-state index contributed by atoms with van der Waals surface area (Å²) in [5.41, 5.74) is 2.24. The Kier molecular flexibility index (Phi) is 3.56. The second-order valence-electron chi connectivity index (χ2n) is 5.52. The number of fused-ring (bicyclic) bond motifs is 1. The van der Waals surface area contributed by atoms with Gasteiger partial charge in [-0.15, -0.1) is 0 Å². The van der Waals surface area contributed by atoms with Crippen LogP contribution in [0.15, 0.2) is 28.9 Å². The molecule has 1 aromatic heterocycles. The molecular formula is C15H17BrN2O2. The van der Waals surface area contributed by atoms with Gasteiger partial charge in [0, 0.05) is 28.1 Å². The molecule has 0 amide bonds. The number of nitrogens with one attached hydrogen (secondary N) is 1. The smallest absolute Gasteiger partial charge is 0.321 e. The molecule has 0 aliphatic carbocycles. The van der Waals surface area contributed by atoms with E-state index in [1.165, 1.54) is 0 Å². The lowest BCUT2D eigenvalue weighted by Gasteiger charge is -2.22. The number of halogens is 1. The maximum Gasteiger partial charge on any atom is 0.321 e. The highest BCUT2D eigenvalue weighted by Crippen LogP contribution is 2.29. The quantitative estimate of drug-likeness (QED) is 0.904. The molecule has 1 aliphatic heterocycles. The van der Waals surface area contributed by atoms with E-state index < -0.39 is 5.97 Å². The fourth-order valence-corrected chi connectivity index (χ4v) is 3.46. The van der Waals surface area contributed by atoms with Crippen molar-refractivity contribution in [2.75, 3.05) is 6.54 Å². The number of hydrogen-bond acceptors (Lipinski definition) is 2. The minimum absolute atomic E-state index is 0.212. The van der Waals surface area contributed by atoms with Gasteiger partial charge in [0.2, 0.25) is 0 Å². The maximum absolute atomic E-state index is 11.4. The first-order valence-electron chi connectivity index (χ1n) is 6.78. The first-order chi connectivity index (χ1) is 9.56. The van der Waals surface area contributed by atoms with Crippen LogP contribution >= 0.6 is 15.9 Å². The van der Waals surface area contributed by atoms with E-state index in [-0.39, 0.29) is 12.0 Å². The number of carboxylic acid groups (broad SMARTS) is 1. The van der Waals surface area contributed by atoms with Gasteiger partial charge in [-0.3, -0.25) is 9.69 Å². The number of nitrogens with zero attached hydrogens (tertiary/aromatic N) is 1. The van der Waals surface area contributed by atoms with Crippen molar-refractivity contribution in [1.29, 1.82) is 0 Å². The second-order valence-corrected chi connectivity index (χ2v) is 6.44. The van der Waals surface area contributed by atoms with Crippen LogP contribution in [0.5, 0.6) is 0 Å². The third kappa shape index (κ3) is 2.36. The summed E-state index contributed by atoms with van der Waals surface area (Å²) in [6.45, 7) is 3.54. The van der Waals surface area contributed by atoms with Gasteiger partial charge in [0.25, 0.3) is 0 Å². The molecule has 0 saturated carbocycles. The number of aromatic amines is 1. The summed E-state index contributed by atoms with van der Waals surface area (Å²) in [5.74, 6) is -0.500. The Morgan fingerprint density at radius 1 is 1.55 bits per heavy atom. The molecule has 0 spiro atoms. The van der Waals surface area contributed by atoms with Gasteiger partial charge < -0.3 is 10.1 Å². The van der Waals surface area contributed by atoms with Crippen LogP contribution in [0, 0.1) is 5.92 Å². The molecule has 106 valence electrons. The third-order valence-electron chi connectivity index (χ3n) is 4.16. The maximum atomic E-state index is 11.4. The number of aromatic nitrogens is 1. The highest BCUT2D eigenvalue weighted by atomic mass is 79.9. The number of hydrogen-bond donors (Lipinski definition) is 2. The summed E-state index contributed by atoms with van der Waals surface area (Å²) < 4.78 is 1.04. The van der Waals surface area contributed by atoms with Gasteiger partial charge in [-0.25, -0.2) is 0 Å². The van der Waals surface area contributed by atoms with Crippen molar-refractivity contribution in [3.05, 3.63) is 34.4 Å². The van der Waals surface area contributed by atoms with Crippen LogP contribution in [0.4, 0.5) is 0 Å². The van der Waals surface area contributed by atoms with Gasteiger partial charge in [0.05, 0.1) is 0 Å². The molecule has 1 aromatic carbocycles. The minimum Gasteiger partial charge on any atom is -0.480 e. The van der Waals surface area contributed by atoms with Crippen LogP contribution in [0.3, 0.4) is 0 Å². The summed E-state index contributed by atoms with van der Waals surface area (Å²) >= 11 is 3.49. The number of aliphatic carboxylic acids is 1. The van der Waals surface area contributed by atoms with E-state index in [1.54, 1.807) is 0 Å². The number of carboxylic acids is 1. The number of H-pyrrole nitrogens is 1. The van der Waals surface area contributed by atoms with Crippen LogP contribution in [0.1, 0.15) is 18.9 Å². The van der Waals surface area contributed by atoms with Gasteiger partial charge in [-0.1, -0.05) is 22.9 Å². The highest BCUT2D eigenvalue weighted by molar-refractivity contribution is 9.10. The van der Waals surface area contributed by atoms with Crippen molar-refractivity contribution in [3.63, 3.8) is 0 Å². The van der Waals surface area contributed by atoms with Gasteiger partial charge in [-0.2, -0.15) is 0 Å². The number of benzene rings is 1. The monoisotopic (exact) mass is 336 g/mol. The molecule has 0 bridgehead atoms. The normalized spacial score (nSPS) is 23.5. The van der Waals surface area contributed by atoms with E-state index in [4.69, 9.17) is 0 Å². The molecule has 2 aromatic rings. The molecule has 2 heterocycles. The molecular weight excluding hydrogens is 320 g/mol. The molecule has 20 heavy (non-hydrogen) atoms. The lowest BCUT2D eigenvalue weighted by Crippen LogP contribution is -2.38. The molecule has 1 fully saturated rings. The Morgan fingerprint density at radius 3 is 3.10 bits per heavy atom. The van der Waals surface area contributed by atoms with Crippen molar-refractivity contribution >= 4 is 32.8 Å². The Balaban J connectivity index is 1.89. The van der Waals surface area contributed by atoms with E-state index >= 15 is 0 Å². The van der Waals surface area contributed by atoms with Crippen molar-refractivity contribution in [1.82, 2.24) is 9.88 Å². The van der Waals surface area contributed by atoms with Crippen LogP contribution in [-0.4, -0.2) is 33.5 Å². The molecule has 5 heteroatoms. The fraction of sp³-hybridized carbons (Fsp3) is 0.400. The van der Waals surface area contributed by atoms with Crippen molar-refractivity contribution in [3.8, 4) is 0 Å². The zero-order valence-corrected chi connectivity index (χ0v) is 12.9. The van der Waals surface area contributed by atoms with Gasteiger partial charge in [0.15, 0.2) is 0 Å². The Labute approximate surface area is 125 Å². The lowest BCUT2D eigenvalue weighted by atomic mass is 10.0. The molecule has 3 rings (SSSR count). The predicted molar refractivity (Wildman–Crippen MR) is 81.6 cm³/mol. The van der Waals surface area contributed by atoms with E-state index in [2.05, 4.69) is 31.9 Å². The number of carbonyl (C=O) groups is 1. The van der Waals surface area contributed by atoms with Crippen molar-refractivity contribution < 1.29 is 9.90 Å². The zero-order valence-electron chi connectivity index (χ0n) is 11.3. The number of likely N-dealkylation sites (tertiary alicyclic amines) is 1. The third-order valence-corrected chi connectivity index (χ3v) is 4.65. The fourth-order valence-electron chi connectivity index (χ4n) is 3.10. The summed E-state index contributed by atoms with van der Waals surface area (Å²) in [7, 11) is 0. The first kappa shape index (κ1) is 13.6. The summed E-state index contributed by atoms with van der Waals surface area (Å²) in [5, 5.41) is 10.5. The molecule has 4 nitrogen and oxygen atoms in total. The Morgan fingerprint density at radius 2 is 2.35 bits per heavy atom. The topological polar surface area (TPSA) is 56.3 Å². The Bertz CT molecular complexity index is 652. The molecule has 2 N–H and O–H groups in total. The highest BCUT2D eigenvalue weighted by Gasteiger charge is 2.36. The van der Waals surface area contributed by atoms with Gasteiger partial charge in [0.1, 0.15) is 6.04 Å². The van der Waals surface area contributed by atoms with E-state index in [1.807, 2.05) is 25.3 Å². The van der Waals surface area contributed by atoms with Crippen LogP contribution in [0.25, 0.3) is 10.9 Å². The van der Waals surface area contributed by atoms with Gasteiger partial charge in [-0.05, 0) is 42.6 Å². The molecule has 2 unspecified atom stereocenters. The summed E-state index contributed by atoms with van der Waals surface area (Å²) in [6, 6.07) is 5.74. The van der Waals surface area contributed by atoms with Gasteiger partial charge >= 0.3 is 5.97 Å². The average molecular weight is 337 g/mol. The van der Waals surface area contributed by atoms with E-state index in [9.17, 15) is 9.90 Å². The van der Waals surface area contributed by atoms with Crippen molar-refractivity contribution in [2.24, 2.45) is 5.92 Å². The SMILES string of the molecule is CC1CCN(Cc2c[nH]c3ccc(Br)cc23)C1C(=O)O. The van der Waals surface area contributed by atoms with Crippen LogP contribution < -0.4 is 0 Å². The van der Waals surface area contributed by atoms with E-state index in [0.717, 1.165) is 33.9 Å². The molecule has 1 aliphatic rings. The first-order valence-corrected chi connectivity index (χ1v) is 7.58. The standard InChI is InChI=1S/C15H17BrN2O2/c1-9-4-5-18(14(9)15(19)20)8-10-7-17-13-3-2-11(16)6-12(10)13/h2-3,6-7,9,14,17H,4-5,8H2,1H3,(H,19,20). The second kappa shape index (κ2) is 5.22. The van der Waals surface area contributed by atoms with Crippen LogP contribution in [0.2, 0.25) is 0 Å². The van der Waals surface area contributed by atoms with E-state index in [0.29, 0.717) is 6.54 Å². The molecule has 2 atom stereocenters. The van der Waals surface area contributed by atoms with Crippen molar-refractivity contribution in [2.45, 2.75) is 25.9 Å². The predicted octanol–water partition coefficient (Wildman–Crippen LogP) is 3.23. The molecule has 1 saturated heterocycles. The minimum atomic E-state index is -0.712. The zero-order chi connectivity index (χ0) is 14.3. The largest absolute Gasteiger partial charge is 0.480 e. The summed E-state index contributed by atoms with van der Waals surface area (Å²) in [6.07, 6.45) is 2.93. The average Bonchev–Trinajstić information content (AvgIpc) is 2.94. The van der Waals surface area contributed by atoms with Crippen LogP contribution in [-0.2, 0) is 11.3 Å². The molecule has 0 radical (unpaired) electrons. The summed E-state index contributed by atoms with van der Waals surface area (Å²) in [4.78, 5) is 16.7. The Hall–Kier alpha value is -1.33. The number of rotatable bonds is 3.